The van der Waals surface area contributed by atoms with Gasteiger partial charge in [-0.25, -0.2) is 0 Å². The third kappa shape index (κ3) is 1.80. The van der Waals surface area contributed by atoms with Gasteiger partial charge in [-0.05, 0) is 47.9 Å². The first-order chi connectivity index (χ1) is 8.22. The minimum Gasteiger partial charge on any atom is -0.508 e. The highest BCUT2D eigenvalue weighted by atomic mass is 16.3. The second-order valence-electron chi connectivity index (χ2n) is 4.34. The number of benzene rings is 2. The highest BCUT2D eigenvalue weighted by Crippen LogP contribution is 2.36. The number of hydrogen-bond donors (Lipinski definition) is 3. The summed E-state index contributed by atoms with van der Waals surface area (Å²) in [5.74, 6) is 0.574. The molecule has 0 aromatic heterocycles. The molecule has 0 saturated heterocycles. The molecule has 3 heteroatoms. The Morgan fingerprint density at radius 2 is 1.82 bits per heavy atom. The molecule has 1 aliphatic heterocycles. The Bertz CT molecular complexity index is 566. The zero-order valence-corrected chi connectivity index (χ0v) is 9.22. The van der Waals surface area contributed by atoms with Crippen molar-refractivity contribution < 1.29 is 10.2 Å². The van der Waals surface area contributed by atoms with Gasteiger partial charge < -0.3 is 15.5 Å². The molecule has 3 rings (SSSR count). The Hall–Kier alpha value is -2.16. The smallest absolute Gasteiger partial charge is 0.116 e. The van der Waals surface area contributed by atoms with Crippen LogP contribution in [0.3, 0.4) is 0 Å². The van der Waals surface area contributed by atoms with Crippen molar-refractivity contribution in [2.24, 2.45) is 0 Å². The third-order valence-corrected chi connectivity index (χ3v) is 3.12. The Morgan fingerprint density at radius 1 is 1.00 bits per heavy atom. The maximum Gasteiger partial charge on any atom is 0.116 e. The monoisotopic (exact) mass is 227 g/mol. The van der Waals surface area contributed by atoms with Crippen LogP contribution in [0.5, 0.6) is 11.5 Å². The van der Waals surface area contributed by atoms with Gasteiger partial charge in [-0.15, -0.1) is 0 Å². The summed E-state index contributed by atoms with van der Waals surface area (Å²) in [6.45, 7) is 0. The molecule has 17 heavy (non-hydrogen) atoms. The van der Waals surface area contributed by atoms with E-state index < -0.39 is 0 Å². The summed E-state index contributed by atoms with van der Waals surface area (Å²) in [7, 11) is 0. The highest BCUT2D eigenvalue weighted by molar-refractivity contribution is 5.60. The van der Waals surface area contributed by atoms with Gasteiger partial charge in [0.1, 0.15) is 11.5 Å². The molecule has 2 aromatic rings. The van der Waals surface area contributed by atoms with Crippen LogP contribution in [0.25, 0.3) is 0 Å². The number of phenolic OH excluding ortho intramolecular Hbond substituents is 2. The zero-order valence-electron chi connectivity index (χ0n) is 9.22. The number of aromatic hydroxyl groups is 2. The average Bonchev–Trinajstić information content (AvgIpc) is 2.72. The summed E-state index contributed by atoms with van der Waals surface area (Å²) >= 11 is 0. The number of phenols is 2. The second-order valence-corrected chi connectivity index (χ2v) is 4.34. The summed E-state index contributed by atoms with van der Waals surface area (Å²) in [4.78, 5) is 0. The van der Waals surface area contributed by atoms with Crippen LogP contribution in [0.15, 0.2) is 42.5 Å². The predicted molar refractivity (Wildman–Crippen MR) is 66.3 cm³/mol. The van der Waals surface area contributed by atoms with Crippen molar-refractivity contribution in [2.75, 3.05) is 5.32 Å². The van der Waals surface area contributed by atoms with Gasteiger partial charge in [-0.2, -0.15) is 0 Å². The fraction of sp³-hybridized carbons (Fsp3) is 0.143. The minimum atomic E-state index is 0.166. The fourth-order valence-electron chi connectivity index (χ4n) is 2.29. The van der Waals surface area contributed by atoms with Crippen molar-refractivity contribution in [2.45, 2.75) is 12.5 Å². The summed E-state index contributed by atoms with van der Waals surface area (Å²) in [5.41, 5.74) is 3.22. The van der Waals surface area contributed by atoms with E-state index in [0.717, 1.165) is 23.2 Å². The van der Waals surface area contributed by atoms with Gasteiger partial charge in [0.05, 0.1) is 6.04 Å². The highest BCUT2D eigenvalue weighted by Gasteiger charge is 2.22. The van der Waals surface area contributed by atoms with Gasteiger partial charge in [0, 0.05) is 5.69 Å². The van der Waals surface area contributed by atoms with Gasteiger partial charge in [0.15, 0.2) is 0 Å². The summed E-state index contributed by atoms with van der Waals surface area (Å²) in [6.07, 6.45) is 0.827. The van der Waals surface area contributed by atoms with Gasteiger partial charge >= 0.3 is 0 Å². The van der Waals surface area contributed by atoms with Crippen molar-refractivity contribution >= 4 is 5.69 Å². The first-order valence-electron chi connectivity index (χ1n) is 5.60. The van der Waals surface area contributed by atoms with Gasteiger partial charge in [0.2, 0.25) is 0 Å². The molecule has 1 atom stereocenters. The van der Waals surface area contributed by atoms with E-state index in [1.165, 1.54) is 0 Å². The Labute approximate surface area is 99.4 Å². The Kier molecular flexibility index (Phi) is 2.18. The molecule has 0 fully saturated rings. The van der Waals surface area contributed by atoms with E-state index in [-0.39, 0.29) is 11.8 Å². The van der Waals surface area contributed by atoms with E-state index in [1.54, 1.807) is 24.3 Å². The molecule has 2 aromatic carbocycles. The lowest BCUT2D eigenvalue weighted by atomic mass is 10.0. The van der Waals surface area contributed by atoms with Crippen LogP contribution in [0.4, 0.5) is 5.69 Å². The van der Waals surface area contributed by atoms with Gasteiger partial charge in [-0.3, -0.25) is 0 Å². The molecule has 3 nitrogen and oxygen atoms in total. The van der Waals surface area contributed by atoms with E-state index in [9.17, 15) is 10.2 Å². The van der Waals surface area contributed by atoms with Crippen molar-refractivity contribution in [1.82, 2.24) is 0 Å². The molecule has 0 radical (unpaired) electrons. The van der Waals surface area contributed by atoms with Crippen LogP contribution in [0.1, 0.15) is 17.2 Å². The lowest BCUT2D eigenvalue weighted by Gasteiger charge is -2.11. The molecule has 0 spiro atoms. The molecule has 0 saturated carbocycles. The SMILES string of the molecule is Oc1cccc(C2Cc3cc(O)ccc3N2)c1. The maximum atomic E-state index is 9.47. The van der Waals surface area contributed by atoms with Crippen LogP contribution < -0.4 is 5.32 Å². The normalized spacial score (nSPS) is 17.5. The topological polar surface area (TPSA) is 52.5 Å². The molecule has 0 aliphatic carbocycles. The molecular weight excluding hydrogens is 214 g/mol. The van der Waals surface area contributed by atoms with Crippen molar-refractivity contribution in [1.29, 1.82) is 0 Å². The molecule has 3 N–H and O–H groups in total. The summed E-state index contributed by atoms with van der Waals surface area (Å²) in [5, 5.41) is 22.3. The summed E-state index contributed by atoms with van der Waals surface area (Å²) in [6, 6.07) is 12.8. The molecule has 1 unspecified atom stereocenters. The lowest BCUT2D eigenvalue weighted by molar-refractivity contribution is 0.473. The predicted octanol–water partition coefficient (Wildman–Crippen LogP) is 2.81. The average molecular weight is 227 g/mol. The molecule has 0 bridgehead atoms. The van der Waals surface area contributed by atoms with Crippen LogP contribution in [0.2, 0.25) is 0 Å². The summed E-state index contributed by atoms with van der Waals surface area (Å²) < 4.78 is 0. The van der Waals surface area contributed by atoms with Crippen LogP contribution >= 0.6 is 0 Å². The molecule has 0 amide bonds. The Morgan fingerprint density at radius 3 is 2.65 bits per heavy atom. The number of fused-ring (bicyclic) bond motifs is 1. The minimum absolute atomic E-state index is 0.166. The lowest BCUT2D eigenvalue weighted by Crippen LogP contribution is -2.05. The van der Waals surface area contributed by atoms with E-state index in [2.05, 4.69) is 5.32 Å². The molecular formula is C14H13NO2. The third-order valence-electron chi connectivity index (χ3n) is 3.12. The van der Waals surface area contributed by atoms with Gasteiger partial charge in [-0.1, -0.05) is 12.1 Å². The second kappa shape index (κ2) is 3.70. The molecule has 86 valence electrons. The van der Waals surface area contributed by atoms with Crippen LogP contribution in [0, 0.1) is 0 Å². The van der Waals surface area contributed by atoms with E-state index in [4.69, 9.17) is 0 Å². The van der Waals surface area contributed by atoms with E-state index in [1.807, 2.05) is 18.2 Å². The molecule has 1 aliphatic rings. The van der Waals surface area contributed by atoms with Crippen molar-refractivity contribution in [3.63, 3.8) is 0 Å². The number of rotatable bonds is 1. The van der Waals surface area contributed by atoms with Crippen LogP contribution in [-0.2, 0) is 6.42 Å². The zero-order chi connectivity index (χ0) is 11.8. The van der Waals surface area contributed by atoms with E-state index >= 15 is 0 Å². The first kappa shape index (κ1) is 10.0. The van der Waals surface area contributed by atoms with Gasteiger partial charge in [0.25, 0.3) is 0 Å². The number of nitrogens with one attached hydrogen (secondary N) is 1. The quantitative estimate of drug-likeness (QED) is 0.656. The van der Waals surface area contributed by atoms with E-state index in [0.29, 0.717) is 5.75 Å². The first-order valence-corrected chi connectivity index (χ1v) is 5.60. The standard InChI is InChI=1S/C14H13NO2/c16-11-3-1-2-9(6-11)14-8-10-7-12(17)4-5-13(10)15-14/h1-7,14-17H,8H2. The number of hydrogen-bond acceptors (Lipinski definition) is 3. The Balaban J connectivity index is 1.91. The van der Waals surface area contributed by atoms with Crippen LogP contribution in [-0.4, -0.2) is 10.2 Å². The molecule has 1 heterocycles. The number of anilines is 1. The fourth-order valence-corrected chi connectivity index (χ4v) is 2.29. The van der Waals surface area contributed by atoms with Crippen molar-refractivity contribution in [3.8, 4) is 11.5 Å². The largest absolute Gasteiger partial charge is 0.508 e. The van der Waals surface area contributed by atoms with Crippen molar-refractivity contribution in [3.05, 3.63) is 53.6 Å². The maximum absolute atomic E-state index is 9.47.